The van der Waals surface area contributed by atoms with E-state index in [2.05, 4.69) is 39.5 Å². The SMILES string of the molecule is Cc1cccc(-c2nnc(CN3C[C@H]4CNC[C@H]4C3)o2)c1. The first-order valence-corrected chi connectivity index (χ1v) is 7.60. The maximum atomic E-state index is 5.83. The Morgan fingerprint density at radius 1 is 1.24 bits per heavy atom. The number of rotatable bonds is 3. The molecule has 5 heteroatoms. The fourth-order valence-corrected chi connectivity index (χ4v) is 3.49. The monoisotopic (exact) mass is 284 g/mol. The molecular weight excluding hydrogens is 264 g/mol. The van der Waals surface area contributed by atoms with Crippen molar-refractivity contribution in [3.05, 3.63) is 35.7 Å². The van der Waals surface area contributed by atoms with Crippen LogP contribution in [-0.2, 0) is 6.54 Å². The maximum absolute atomic E-state index is 5.83. The van der Waals surface area contributed by atoms with E-state index in [1.54, 1.807) is 0 Å². The van der Waals surface area contributed by atoms with Crippen molar-refractivity contribution in [2.75, 3.05) is 26.2 Å². The Morgan fingerprint density at radius 3 is 2.81 bits per heavy atom. The van der Waals surface area contributed by atoms with Crippen LogP contribution in [-0.4, -0.2) is 41.3 Å². The second-order valence-corrected chi connectivity index (χ2v) is 6.24. The van der Waals surface area contributed by atoms with E-state index in [-0.39, 0.29) is 0 Å². The van der Waals surface area contributed by atoms with Crippen LogP contribution in [0.15, 0.2) is 28.7 Å². The maximum Gasteiger partial charge on any atom is 0.247 e. The van der Waals surface area contributed by atoms with Crippen molar-refractivity contribution in [2.45, 2.75) is 13.5 Å². The molecule has 2 saturated heterocycles. The van der Waals surface area contributed by atoms with Gasteiger partial charge in [-0.25, -0.2) is 0 Å². The lowest BCUT2D eigenvalue weighted by Crippen LogP contribution is -2.25. The van der Waals surface area contributed by atoms with Gasteiger partial charge in [0.1, 0.15) is 0 Å². The highest BCUT2D eigenvalue weighted by Crippen LogP contribution is 2.27. The van der Waals surface area contributed by atoms with Gasteiger partial charge in [-0.2, -0.15) is 0 Å². The first-order chi connectivity index (χ1) is 10.3. The highest BCUT2D eigenvalue weighted by Gasteiger charge is 2.36. The Morgan fingerprint density at radius 2 is 2.05 bits per heavy atom. The molecule has 0 radical (unpaired) electrons. The van der Waals surface area contributed by atoms with Crippen LogP contribution in [0.2, 0.25) is 0 Å². The minimum Gasteiger partial charge on any atom is -0.419 e. The van der Waals surface area contributed by atoms with E-state index < -0.39 is 0 Å². The Bertz CT molecular complexity index is 627. The van der Waals surface area contributed by atoms with Crippen LogP contribution in [0.1, 0.15) is 11.5 Å². The summed E-state index contributed by atoms with van der Waals surface area (Å²) in [6, 6.07) is 8.17. The summed E-state index contributed by atoms with van der Waals surface area (Å²) < 4.78 is 5.83. The highest BCUT2D eigenvalue weighted by atomic mass is 16.4. The number of hydrogen-bond donors (Lipinski definition) is 1. The van der Waals surface area contributed by atoms with E-state index in [1.165, 1.54) is 5.56 Å². The summed E-state index contributed by atoms with van der Waals surface area (Å²) in [7, 11) is 0. The van der Waals surface area contributed by atoms with Crippen molar-refractivity contribution >= 4 is 0 Å². The van der Waals surface area contributed by atoms with Crippen LogP contribution in [0.4, 0.5) is 0 Å². The van der Waals surface area contributed by atoms with Gasteiger partial charge in [0.05, 0.1) is 6.54 Å². The molecule has 0 saturated carbocycles. The molecule has 2 aliphatic rings. The van der Waals surface area contributed by atoms with Gasteiger partial charge in [0.25, 0.3) is 0 Å². The molecule has 1 N–H and O–H groups in total. The molecule has 21 heavy (non-hydrogen) atoms. The topological polar surface area (TPSA) is 54.2 Å². The molecule has 2 aliphatic heterocycles. The molecule has 3 heterocycles. The minimum atomic E-state index is 0.620. The van der Waals surface area contributed by atoms with Crippen LogP contribution in [0.25, 0.3) is 11.5 Å². The van der Waals surface area contributed by atoms with Crippen LogP contribution >= 0.6 is 0 Å². The van der Waals surface area contributed by atoms with Gasteiger partial charge in [0.2, 0.25) is 11.8 Å². The molecule has 0 amide bonds. The summed E-state index contributed by atoms with van der Waals surface area (Å²) in [6.45, 7) is 7.42. The molecule has 110 valence electrons. The van der Waals surface area contributed by atoms with E-state index in [9.17, 15) is 0 Å². The normalized spacial score (nSPS) is 25.4. The smallest absolute Gasteiger partial charge is 0.247 e. The fourth-order valence-electron chi connectivity index (χ4n) is 3.49. The van der Waals surface area contributed by atoms with Gasteiger partial charge in [0.15, 0.2) is 0 Å². The Labute approximate surface area is 124 Å². The molecule has 2 fully saturated rings. The summed E-state index contributed by atoms with van der Waals surface area (Å²) in [6.07, 6.45) is 0. The van der Waals surface area contributed by atoms with E-state index in [4.69, 9.17) is 4.42 Å². The fraction of sp³-hybridized carbons (Fsp3) is 0.500. The third-order valence-corrected chi connectivity index (χ3v) is 4.56. The van der Waals surface area contributed by atoms with Crippen molar-refractivity contribution in [1.82, 2.24) is 20.4 Å². The summed E-state index contributed by atoms with van der Waals surface area (Å²) in [5, 5.41) is 11.9. The van der Waals surface area contributed by atoms with Gasteiger partial charge in [0, 0.05) is 18.7 Å². The number of likely N-dealkylation sites (tertiary alicyclic amines) is 1. The van der Waals surface area contributed by atoms with E-state index in [0.29, 0.717) is 5.89 Å². The largest absolute Gasteiger partial charge is 0.419 e. The predicted octanol–water partition coefficient (Wildman–Crippen LogP) is 1.70. The van der Waals surface area contributed by atoms with Gasteiger partial charge >= 0.3 is 0 Å². The summed E-state index contributed by atoms with van der Waals surface area (Å²) >= 11 is 0. The number of hydrogen-bond acceptors (Lipinski definition) is 5. The van der Waals surface area contributed by atoms with Gasteiger partial charge in [-0.05, 0) is 44.0 Å². The third kappa shape index (κ3) is 2.59. The van der Waals surface area contributed by atoms with Crippen LogP contribution in [0, 0.1) is 18.8 Å². The van der Waals surface area contributed by atoms with Gasteiger partial charge in [-0.3, -0.25) is 4.90 Å². The van der Waals surface area contributed by atoms with Crippen LogP contribution in [0.3, 0.4) is 0 Å². The summed E-state index contributed by atoms with van der Waals surface area (Å²) in [5.41, 5.74) is 2.20. The average Bonchev–Trinajstić information content (AvgIpc) is 3.14. The van der Waals surface area contributed by atoms with Crippen molar-refractivity contribution in [2.24, 2.45) is 11.8 Å². The number of benzene rings is 1. The molecule has 0 bridgehead atoms. The van der Waals surface area contributed by atoms with Crippen molar-refractivity contribution < 1.29 is 4.42 Å². The van der Waals surface area contributed by atoms with E-state index >= 15 is 0 Å². The van der Waals surface area contributed by atoms with Crippen molar-refractivity contribution in [1.29, 1.82) is 0 Å². The lowest BCUT2D eigenvalue weighted by molar-refractivity contribution is 0.273. The van der Waals surface area contributed by atoms with Gasteiger partial charge < -0.3 is 9.73 Å². The first-order valence-electron chi connectivity index (χ1n) is 7.60. The van der Waals surface area contributed by atoms with E-state index in [0.717, 1.165) is 56.0 Å². The van der Waals surface area contributed by atoms with Crippen molar-refractivity contribution in [3.63, 3.8) is 0 Å². The lowest BCUT2D eigenvalue weighted by Gasteiger charge is -2.13. The molecule has 5 nitrogen and oxygen atoms in total. The molecule has 0 unspecified atom stereocenters. The lowest BCUT2D eigenvalue weighted by atomic mass is 10.0. The zero-order valence-electron chi connectivity index (χ0n) is 12.2. The molecule has 2 aromatic rings. The second kappa shape index (κ2) is 5.24. The zero-order chi connectivity index (χ0) is 14.2. The van der Waals surface area contributed by atoms with Crippen molar-refractivity contribution in [3.8, 4) is 11.5 Å². The molecule has 0 spiro atoms. The second-order valence-electron chi connectivity index (χ2n) is 6.24. The van der Waals surface area contributed by atoms with Gasteiger partial charge in [-0.1, -0.05) is 17.7 Å². The predicted molar refractivity (Wildman–Crippen MR) is 79.6 cm³/mol. The quantitative estimate of drug-likeness (QED) is 0.929. The Kier molecular flexibility index (Phi) is 3.24. The Balaban J connectivity index is 1.45. The van der Waals surface area contributed by atoms with Crippen LogP contribution in [0.5, 0.6) is 0 Å². The highest BCUT2D eigenvalue weighted by molar-refractivity contribution is 5.53. The minimum absolute atomic E-state index is 0.620. The van der Waals surface area contributed by atoms with E-state index in [1.807, 2.05) is 12.1 Å². The number of nitrogens with zero attached hydrogens (tertiary/aromatic N) is 3. The third-order valence-electron chi connectivity index (χ3n) is 4.56. The molecule has 2 atom stereocenters. The molecular formula is C16H20N4O. The number of fused-ring (bicyclic) bond motifs is 1. The number of aromatic nitrogens is 2. The zero-order valence-corrected chi connectivity index (χ0v) is 12.2. The van der Waals surface area contributed by atoms with Crippen LogP contribution < -0.4 is 5.32 Å². The molecule has 1 aromatic carbocycles. The Hall–Kier alpha value is -1.72. The van der Waals surface area contributed by atoms with Gasteiger partial charge in [-0.15, -0.1) is 10.2 Å². The summed E-state index contributed by atoms with van der Waals surface area (Å²) in [4.78, 5) is 2.43. The number of aryl methyl sites for hydroxylation is 1. The standard InChI is InChI=1S/C16H20N4O/c1-11-3-2-4-12(5-11)16-19-18-15(21-16)10-20-8-13-6-17-7-14(13)9-20/h2-5,13-14,17H,6-10H2,1H3/t13-,14+. The molecule has 0 aliphatic carbocycles. The summed E-state index contributed by atoms with van der Waals surface area (Å²) in [5.74, 6) is 2.93. The number of nitrogens with one attached hydrogen (secondary N) is 1. The molecule has 4 rings (SSSR count). The average molecular weight is 284 g/mol. The molecule has 1 aromatic heterocycles. The first kappa shape index (κ1) is 13.0.